The summed E-state index contributed by atoms with van der Waals surface area (Å²) >= 11 is 0. The van der Waals surface area contributed by atoms with Crippen molar-refractivity contribution in [2.45, 2.75) is 84.0 Å². The van der Waals surface area contributed by atoms with E-state index in [2.05, 4.69) is 85.8 Å². The zero-order chi connectivity index (χ0) is 21.6. The number of unbranched alkanes of at least 4 members (excludes halogenated alkanes) is 9. The molecule has 0 aliphatic carbocycles. The first-order valence-electron chi connectivity index (χ1n) is 12.6. The predicted molar refractivity (Wildman–Crippen MR) is 137 cm³/mol. The van der Waals surface area contributed by atoms with Crippen LogP contribution in [-0.4, -0.2) is 0 Å². The second kappa shape index (κ2) is 13.9. The molecule has 0 saturated heterocycles. The number of rotatable bonds is 14. The summed E-state index contributed by atoms with van der Waals surface area (Å²) in [6.07, 6.45) is 16.1. The van der Waals surface area contributed by atoms with E-state index < -0.39 is 0 Å². The Morgan fingerprint density at radius 2 is 1.10 bits per heavy atom. The quantitative estimate of drug-likeness (QED) is 0.231. The molecule has 31 heavy (non-hydrogen) atoms. The molecule has 0 N–H and O–H groups in total. The van der Waals surface area contributed by atoms with Crippen molar-refractivity contribution in [1.82, 2.24) is 0 Å². The molecule has 0 fully saturated rings. The minimum absolute atomic E-state index is 1.01. The molecule has 0 bridgehead atoms. The summed E-state index contributed by atoms with van der Waals surface area (Å²) in [7, 11) is 0. The molecule has 0 aliphatic heterocycles. The molecule has 3 aromatic rings. The van der Waals surface area contributed by atoms with Crippen LogP contribution in [0, 0.1) is 0 Å². The standard InChI is InChI=1S/C31H40/c1-2-3-4-5-6-7-8-9-10-15-23-29-24-18-25-30(28-21-16-12-17-22-28)31(29)26-27-19-13-11-14-20-27/h11-14,16-22,24-25H,2-10,15,23,26H2,1H3. The fraction of sp³-hybridized carbons (Fsp3) is 0.419. The molecule has 0 atom stereocenters. The Balaban J connectivity index is 1.58. The van der Waals surface area contributed by atoms with E-state index in [1.165, 1.54) is 98.4 Å². The van der Waals surface area contributed by atoms with Crippen LogP contribution in [0.1, 0.15) is 87.8 Å². The molecule has 0 amide bonds. The Bertz CT molecular complexity index is 848. The zero-order valence-electron chi connectivity index (χ0n) is 19.5. The van der Waals surface area contributed by atoms with Crippen LogP contribution in [0.4, 0.5) is 0 Å². The minimum Gasteiger partial charge on any atom is -0.0654 e. The second-order valence-electron chi connectivity index (χ2n) is 8.90. The molecular weight excluding hydrogens is 372 g/mol. The van der Waals surface area contributed by atoms with E-state index in [1.807, 2.05) is 0 Å². The van der Waals surface area contributed by atoms with Gasteiger partial charge in [0.05, 0.1) is 0 Å². The molecule has 3 aromatic carbocycles. The molecule has 0 aliphatic rings. The highest BCUT2D eigenvalue weighted by atomic mass is 14.2. The van der Waals surface area contributed by atoms with Crippen LogP contribution in [0.25, 0.3) is 11.1 Å². The average molecular weight is 413 g/mol. The SMILES string of the molecule is CCCCCCCCCCCCc1cccc(-c2ccccc2)c1Cc1ccccc1. The summed E-state index contributed by atoms with van der Waals surface area (Å²) in [6, 6.07) is 28.7. The number of aryl methyl sites for hydroxylation is 1. The third-order valence-corrected chi connectivity index (χ3v) is 6.38. The first kappa shape index (κ1) is 23.3. The van der Waals surface area contributed by atoms with Crippen molar-refractivity contribution in [3.8, 4) is 11.1 Å². The third-order valence-electron chi connectivity index (χ3n) is 6.38. The topological polar surface area (TPSA) is 0 Å². The molecular formula is C31H40. The first-order valence-corrected chi connectivity index (χ1v) is 12.6. The van der Waals surface area contributed by atoms with Gasteiger partial charge >= 0.3 is 0 Å². The van der Waals surface area contributed by atoms with Crippen LogP contribution >= 0.6 is 0 Å². The summed E-state index contributed by atoms with van der Waals surface area (Å²) in [5, 5.41) is 0. The van der Waals surface area contributed by atoms with Crippen molar-refractivity contribution in [3.63, 3.8) is 0 Å². The van der Waals surface area contributed by atoms with Crippen LogP contribution < -0.4 is 0 Å². The van der Waals surface area contributed by atoms with E-state index in [0.29, 0.717) is 0 Å². The first-order chi connectivity index (χ1) is 15.4. The van der Waals surface area contributed by atoms with Crippen LogP contribution in [0.5, 0.6) is 0 Å². The van der Waals surface area contributed by atoms with Crippen molar-refractivity contribution in [2.24, 2.45) is 0 Å². The molecule has 0 spiro atoms. The van der Waals surface area contributed by atoms with E-state index in [0.717, 1.165) is 6.42 Å². The van der Waals surface area contributed by atoms with Crippen LogP contribution in [0.15, 0.2) is 78.9 Å². The van der Waals surface area contributed by atoms with Gasteiger partial charge < -0.3 is 0 Å². The van der Waals surface area contributed by atoms with Gasteiger partial charge in [-0.05, 0) is 47.1 Å². The van der Waals surface area contributed by atoms with Crippen molar-refractivity contribution in [1.29, 1.82) is 0 Å². The van der Waals surface area contributed by atoms with Gasteiger partial charge in [-0.15, -0.1) is 0 Å². The zero-order valence-corrected chi connectivity index (χ0v) is 19.5. The van der Waals surface area contributed by atoms with Crippen molar-refractivity contribution < 1.29 is 0 Å². The van der Waals surface area contributed by atoms with Crippen molar-refractivity contribution in [3.05, 3.63) is 95.6 Å². The Hall–Kier alpha value is -2.34. The lowest BCUT2D eigenvalue weighted by atomic mass is 9.89. The molecule has 0 aromatic heterocycles. The molecule has 3 rings (SSSR count). The summed E-state index contributed by atoms with van der Waals surface area (Å²) in [5.74, 6) is 0. The van der Waals surface area contributed by atoms with Crippen LogP contribution in [0.2, 0.25) is 0 Å². The highest BCUT2D eigenvalue weighted by Crippen LogP contribution is 2.29. The second-order valence-corrected chi connectivity index (χ2v) is 8.90. The van der Waals surface area contributed by atoms with Gasteiger partial charge in [0.25, 0.3) is 0 Å². The van der Waals surface area contributed by atoms with Gasteiger partial charge in [-0.1, -0.05) is 144 Å². The van der Waals surface area contributed by atoms with Gasteiger partial charge in [-0.3, -0.25) is 0 Å². The predicted octanol–water partition coefficient (Wildman–Crippen LogP) is 9.41. The van der Waals surface area contributed by atoms with E-state index in [9.17, 15) is 0 Å². The molecule has 0 heterocycles. The highest BCUT2D eigenvalue weighted by Gasteiger charge is 2.11. The number of benzene rings is 3. The Labute approximate surface area is 190 Å². The minimum atomic E-state index is 1.01. The normalized spacial score (nSPS) is 11.0. The van der Waals surface area contributed by atoms with E-state index in [4.69, 9.17) is 0 Å². The lowest BCUT2D eigenvalue weighted by Gasteiger charge is -2.16. The van der Waals surface area contributed by atoms with E-state index >= 15 is 0 Å². The maximum Gasteiger partial charge on any atom is -0.00169 e. The average Bonchev–Trinajstić information content (AvgIpc) is 2.82. The van der Waals surface area contributed by atoms with Gasteiger partial charge in [0.1, 0.15) is 0 Å². The largest absolute Gasteiger partial charge is 0.0654 e. The van der Waals surface area contributed by atoms with Crippen LogP contribution in [0.3, 0.4) is 0 Å². The maximum absolute atomic E-state index is 2.36. The highest BCUT2D eigenvalue weighted by molar-refractivity contribution is 5.69. The molecule has 0 heteroatoms. The van der Waals surface area contributed by atoms with E-state index in [-0.39, 0.29) is 0 Å². The number of hydrogen-bond acceptors (Lipinski definition) is 0. The molecule has 0 unspecified atom stereocenters. The monoisotopic (exact) mass is 412 g/mol. The number of hydrogen-bond donors (Lipinski definition) is 0. The lowest BCUT2D eigenvalue weighted by Crippen LogP contribution is -2.00. The fourth-order valence-electron chi connectivity index (χ4n) is 4.57. The summed E-state index contributed by atoms with van der Waals surface area (Å²) in [4.78, 5) is 0. The molecule has 0 radical (unpaired) electrons. The van der Waals surface area contributed by atoms with Gasteiger partial charge in [0.15, 0.2) is 0 Å². The summed E-state index contributed by atoms with van der Waals surface area (Å²) < 4.78 is 0. The summed E-state index contributed by atoms with van der Waals surface area (Å²) in [5.41, 5.74) is 7.17. The Morgan fingerprint density at radius 3 is 1.74 bits per heavy atom. The molecule has 0 saturated carbocycles. The van der Waals surface area contributed by atoms with Gasteiger partial charge in [0, 0.05) is 0 Å². The molecule has 0 nitrogen and oxygen atoms in total. The maximum atomic E-state index is 2.36. The van der Waals surface area contributed by atoms with E-state index in [1.54, 1.807) is 0 Å². The van der Waals surface area contributed by atoms with Crippen molar-refractivity contribution in [2.75, 3.05) is 0 Å². The summed E-state index contributed by atoms with van der Waals surface area (Å²) in [6.45, 7) is 2.29. The smallest absolute Gasteiger partial charge is 0.00169 e. The Kier molecular flexibility index (Phi) is 10.4. The fourth-order valence-corrected chi connectivity index (χ4v) is 4.57. The van der Waals surface area contributed by atoms with Crippen molar-refractivity contribution >= 4 is 0 Å². The van der Waals surface area contributed by atoms with Gasteiger partial charge in [-0.2, -0.15) is 0 Å². The van der Waals surface area contributed by atoms with Crippen LogP contribution in [-0.2, 0) is 12.8 Å². The third kappa shape index (κ3) is 8.02. The van der Waals surface area contributed by atoms with Gasteiger partial charge in [-0.25, -0.2) is 0 Å². The molecule has 164 valence electrons. The van der Waals surface area contributed by atoms with Gasteiger partial charge in [0.2, 0.25) is 0 Å². The Morgan fingerprint density at radius 1 is 0.516 bits per heavy atom. The lowest BCUT2D eigenvalue weighted by molar-refractivity contribution is 0.556.